The summed E-state index contributed by atoms with van der Waals surface area (Å²) in [5.74, 6) is -1.31. The molecule has 2 aliphatic heterocycles. The van der Waals surface area contributed by atoms with Crippen molar-refractivity contribution < 1.29 is 41.0 Å². The summed E-state index contributed by atoms with van der Waals surface area (Å²) >= 11 is 0. The van der Waals surface area contributed by atoms with Gasteiger partial charge >= 0.3 is 12.4 Å². The number of nitrogens with zero attached hydrogens (tertiary/aromatic N) is 1. The van der Waals surface area contributed by atoms with Crippen LogP contribution in [-0.4, -0.2) is 47.4 Å². The lowest BCUT2D eigenvalue weighted by molar-refractivity contribution is -0.137. The second-order valence-corrected chi connectivity index (χ2v) is 8.92. The Bertz CT molecular complexity index is 1430. The molecule has 0 spiro atoms. The number of anilines is 2. The molecule has 3 aromatic rings. The van der Waals surface area contributed by atoms with Gasteiger partial charge in [-0.15, -0.1) is 0 Å². The van der Waals surface area contributed by atoms with Crippen molar-refractivity contribution in [3.8, 4) is 0 Å². The quantitative estimate of drug-likeness (QED) is 0.350. The average molecular weight is 527 g/mol. The molecule has 13 heteroatoms. The van der Waals surface area contributed by atoms with Crippen molar-refractivity contribution in [2.75, 3.05) is 23.4 Å². The summed E-state index contributed by atoms with van der Waals surface area (Å²) in [4.78, 5) is 29.7. The Kier molecular flexibility index (Phi) is 5.94. The summed E-state index contributed by atoms with van der Waals surface area (Å²) in [6.45, 7) is 0.534. The van der Waals surface area contributed by atoms with Crippen molar-refractivity contribution in [2.45, 2.75) is 37.0 Å². The molecule has 0 saturated carbocycles. The number of amides is 1. The molecule has 5 rings (SSSR count). The number of aromatic amines is 1. The van der Waals surface area contributed by atoms with Crippen molar-refractivity contribution in [2.24, 2.45) is 0 Å². The first kappa shape index (κ1) is 25.1. The number of hydrogen-bond acceptors (Lipinski definition) is 5. The van der Waals surface area contributed by atoms with Gasteiger partial charge in [0.15, 0.2) is 0 Å². The Morgan fingerprint density at radius 1 is 1.08 bits per heavy atom. The normalized spacial score (nSPS) is 21.9. The molecule has 3 atom stereocenters. The van der Waals surface area contributed by atoms with E-state index in [1.165, 1.54) is 12.1 Å². The fourth-order valence-electron chi connectivity index (χ4n) is 4.69. The minimum Gasteiger partial charge on any atom is -0.391 e. The number of halogens is 6. The van der Waals surface area contributed by atoms with E-state index in [9.17, 15) is 41.0 Å². The third kappa shape index (κ3) is 4.76. The number of benzene rings is 2. The molecule has 37 heavy (non-hydrogen) atoms. The highest BCUT2D eigenvalue weighted by Gasteiger charge is 2.44. The fraction of sp³-hybridized carbons (Fsp3) is 0.333. The predicted octanol–water partition coefficient (Wildman–Crippen LogP) is 4.16. The highest BCUT2D eigenvalue weighted by molar-refractivity contribution is 6.06. The monoisotopic (exact) mass is 527 g/mol. The van der Waals surface area contributed by atoms with Gasteiger partial charge in [0, 0.05) is 23.9 Å². The molecule has 0 aliphatic carbocycles. The van der Waals surface area contributed by atoms with E-state index in [0.717, 1.165) is 24.4 Å². The molecule has 0 radical (unpaired) electrons. The molecule has 1 unspecified atom stereocenters. The van der Waals surface area contributed by atoms with Gasteiger partial charge < -0.3 is 25.0 Å². The van der Waals surface area contributed by atoms with E-state index in [1.54, 1.807) is 4.90 Å². The number of carbonyl (C=O) groups is 1. The zero-order valence-electron chi connectivity index (χ0n) is 18.8. The standard InChI is InChI=1S/C24H19F6N3O4/c25-23(26,27)14-2-1-3-17-20(14)21(35)13(8-31-17)22(36)32-16-5-4-11(6-15(16)24(28,29)30)33-9-12(34)7-18(33)19-10-37-19/h1-6,8,12,18-19,34H,7,9-10H2,(H,31,35)(H,32,36)/t12-,18?,19-/m0/s1. The van der Waals surface area contributed by atoms with E-state index >= 15 is 0 Å². The maximum atomic E-state index is 13.9. The number of aliphatic hydroxyl groups excluding tert-OH is 1. The Morgan fingerprint density at radius 2 is 1.78 bits per heavy atom. The maximum absolute atomic E-state index is 13.9. The molecule has 3 heterocycles. The smallest absolute Gasteiger partial charge is 0.391 e. The van der Waals surface area contributed by atoms with Gasteiger partial charge in [0.05, 0.1) is 41.0 Å². The molecule has 7 nitrogen and oxygen atoms in total. The van der Waals surface area contributed by atoms with Crippen LogP contribution in [0, 0.1) is 0 Å². The maximum Gasteiger partial charge on any atom is 0.418 e. The molecule has 2 fully saturated rings. The number of pyridine rings is 1. The van der Waals surface area contributed by atoms with Crippen LogP contribution in [0.2, 0.25) is 0 Å². The predicted molar refractivity (Wildman–Crippen MR) is 120 cm³/mol. The number of hydrogen-bond donors (Lipinski definition) is 3. The topological polar surface area (TPSA) is 98.0 Å². The molecule has 2 aromatic carbocycles. The van der Waals surface area contributed by atoms with E-state index in [1.807, 2.05) is 5.32 Å². The molecule has 196 valence electrons. The first-order valence-electron chi connectivity index (χ1n) is 11.1. The van der Waals surface area contributed by atoms with Gasteiger partial charge in [-0.1, -0.05) is 6.07 Å². The molecule has 2 aliphatic rings. The van der Waals surface area contributed by atoms with E-state index < -0.39 is 57.6 Å². The van der Waals surface area contributed by atoms with Crippen LogP contribution in [0.15, 0.2) is 47.4 Å². The first-order chi connectivity index (χ1) is 17.3. The summed E-state index contributed by atoms with van der Waals surface area (Å²) in [7, 11) is 0. The van der Waals surface area contributed by atoms with Crippen LogP contribution in [0.3, 0.4) is 0 Å². The lowest BCUT2D eigenvalue weighted by atomic mass is 10.0. The summed E-state index contributed by atoms with van der Waals surface area (Å²) in [6, 6.07) is 5.80. The molecular formula is C24H19F6N3O4. The van der Waals surface area contributed by atoms with Gasteiger partial charge in [0.25, 0.3) is 5.91 Å². The highest BCUT2D eigenvalue weighted by Crippen LogP contribution is 2.40. The Morgan fingerprint density at radius 3 is 2.43 bits per heavy atom. The number of carbonyl (C=O) groups excluding carboxylic acids is 1. The minimum absolute atomic E-state index is 0.0987. The van der Waals surface area contributed by atoms with Gasteiger partial charge in [-0.25, -0.2) is 0 Å². The van der Waals surface area contributed by atoms with Crippen LogP contribution in [0.25, 0.3) is 10.9 Å². The second-order valence-electron chi connectivity index (χ2n) is 8.92. The molecular weight excluding hydrogens is 508 g/mol. The molecule has 1 aromatic heterocycles. The lowest BCUT2D eigenvalue weighted by Gasteiger charge is -2.27. The number of aromatic nitrogens is 1. The van der Waals surface area contributed by atoms with Crippen LogP contribution in [0.5, 0.6) is 0 Å². The van der Waals surface area contributed by atoms with E-state index in [2.05, 4.69) is 4.98 Å². The van der Waals surface area contributed by atoms with Gasteiger partial charge in [0.2, 0.25) is 5.43 Å². The number of epoxide rings is 1. The van der Waals surface area contributed by atoms with Gasteiger partial charge in [-0.05, 0) is 36.8 Å². The first-order valence-corrected chi connectivity index (χ1v) is 11.1. The summed E-state index contributed by atoms with van der Waals surface area (Å²) in [5, 5.41) is 11.2. The van der Waals surface area contributed by atoms with Crippen LogP contribution >= 0.6 is 0 Å². The summed E-state index contributed by atoms with van der Waals surface area (Å²) in [6.07, 6.45) is -9.57. The summed E-state index contributed by atoms with van der Waals surface area (Å²) < 4.78 is 87.4. The number of ether oxygens (including phenoxy) is 1. The SMILES string of the molecule is O=C(Nc1ccc(N2C[C@@H](O)CC2[C@@H]2CO2)cc1C(F)(F)F)c1c[nH]c2cccc(C(F)(F)F)c2c1=O. The highest BCUT2D eigenvalue weighted by atomic mass is 19.4. The number of H-pyrrole nitrogens is 1. The zero-order chi connectivity index (χ0) is 26.7. The lowest BCUT2D eigenvalue weighted by Crippen LogP contribution is -2.34. The number of nitrogens with one attached hydrogen (secondary N) is 2. The number of fused-ring (bicyclic) bond motifs is 1. The largest absolute Gasteiger partial charge is 0.418 e. The van der Waals surface area contributed by atoms with Gasteiger partial charge in [0.1, 0.15) is 11.7 Å². The average Bonchev–Trinajstić information content (AvgIpc) is 3.59. The van der Waals surface area contributed by atoms with Crippen LogP contribution in [-0.2, 0) is 17.1 Å². The van der Waals surface area contributed by atoms with Crippen molar-refractivity contribution >= 4 is 28.2 Å². The molecule has 1 amide bonds. The number of alkyl halides is 6. The number of β-amino-alcohol motifs (C(OH)–C–C–N with tert-alkyl or cyclic N) is 1. The fourth-order valence-corrected chi connectivity index (χ4v) is 4.69. The van der Waals surface area contributed by atoms with Crippen molar-refractivity contribution in [3.63, 3.8) is 0 Å². The zero-order valence-corrected chi connectivity index (χ0v) is 18.8. The van der Waals surface area contributed by atoms with Crippen LogP contribution in [0.1, 0.15) is 27.9 Å². The molecule has 3 N–H and O–H groups in total. The minimum atomic E-state index is -4.91. The third-order valence-corrected chi connectivity index (χ3v) is 6.46. The van der Waals surface area contributed by atoms with Gasteiger partial charge in [-0.2, -0.15) is 26.3 Å². The third-order valence-electron chi connectivity index (χ3n) is 6.46. The van der Waals surface area contributed by atoms with Gasteiger partial charge in [-0.3, -0.25) is 9.59 Å². The van der Waals surface area contributed by atoms with Crippen LogP contribution < -0.4 is 15.6 Å². The Labute approximate surface area is 204 Å². The van der Waals surface area contributed by atoms with Crippen molar-refractivity contribution in [1.29, 1.82) is 0 Å². The summed E-state index contributed by atoms with van der Waals surface area (Å²) in [5.41, 5.74) is -5.26. The van der Waals surface area contributed by atoms with Crippen molar-refractivity contribution in [1.82, 2.24) is 4.98 Å². The Balaban J connectivity index is 1.51. The second kappa shape index (κ2) is 8.77. The van der Waals surface area contributed by atoms with Crippen LogP contribution in [0.4, 0.5) is 37.7 Å². The number of rotatable bonds is 4. The van der Waals surface area contributed by atoms with Crippen molar-refractivity contribution in [3.05, 3.63) is 69.5 Å². The molecule has 2 saturated heterocycles. The van der Waals surface area contributed by atoms with E-state index in [0.29, 0.717) is 19.1 Å². The Hall–Kier alpha value is -3.58. The van der Waals surface area contributed by atoms with E-state index in [4.69, 9.17) is 4.74 Å². The van der Waals surface area contributed by atoms with E-state index in [-0.39, 0.29) is 29.9 Å². The molecule has 0 bridgehead atoms. The number of aliphatic hydroxyl groups is 1.